The summed E-state index contributed by atoms with van der Waals surface area (Å²) < 4.78 is 22.3. The summed E-state index contributed by atoms with van der Waals surface area (Å²) in [5, 5.41) is 0.904. The fourth-order valence-corrected chi connectivity index (χ4v) is 4.86. The first kappa shape index (κ1) is 23.7. The SMILES string of the molecule is C=CCOc1cccc2c1cc(C(=O)N1CCN(c3ccccc3F)CC1)n2Cc1ccccc1C. The molecule has 0 unspecified atom stereocenters. The Morgan fingerprint density at radius 2 is 1.75 bits per heavy atom. The number of para-hydroxylation sites is 1. The lowest BCUT2D eigenvalue weighted by molar-refractivity contribution is 0.0736. The van der Waals surface area contributed by atoms with E-state index in [-0.39, 0.29) is 11.7 Å². The van der Waals surface area contributed by atoms with Crippen LogP contribution in [0.25, 0.3) is 10.9 Å². The maximum atomic E-state index is 14.3. The molecule has 5 rings (SSSR count). The van der Waals surface area contributed by atoms with Crippen LogP contribution in [0, 0.1) is 12.7 Å². The standard InChI is InChI=1S/C30H30FN3O2/c1-3-19-36-29-14-8-13-26-24(29)20-28(34(26)21-23-10-5-4-9-22(23)2)30(35)33-17-15-32(16-18-33)27-12-7-6-11-25(27)31/h3-14,20H,1,15-19,21H2,2H3. The van der Waals surface area contributed by atoms with Crippen LogP contribution in [0.2, 0.25) is 0 Å². The van der Waals surface area contributed by atoms with E-state index in [1.165, 1.54) is 11.6 Å². The highest BCUT2D eigenvalue weighted by Crippen LogP contribution is 2.31. The van der Waals surface area contributed by atoms with Gasteiger partial charge >= 0.3 is 0 Å². The van der Waals surface area contributed by atoms with E-state index in [4.69, 9.17) is 4.74 Å². The van der Waals surface area contributed by atoms with Crippen LogP contribution in [0.4, 0.5) is 10.1 Å². The highest BCUT2D eigenvalue weighted by molar-refractivity contribution is 6.00. The molecule has 1 saturated heterocycles. The van der Waals surface area contributed by atoms with Crippen LogP contribution in [-0.2, 0) is 6.54 Å². The highest BCUT2D eigenvalue weighted by Gasteiger charge is 2.27. The molecule has 4 aromatic rings. The maximum absolute atomic E-state index is 14.3. The molecule has 36 heavy (non-hydrogen) atoms. The molecule has 3 aromatic carbocycles. The summed E-state index contributed by atoms with van der Waals surface area (Å²) in [5.41, 5.74) is 4.50. The number of rotatable bonds is 7. The monoisotopic (exact) mass is 483 g/mol. The summed E-state index contributed by atoms with van der Waals surface area (Å²) in [6, 6.07) is 22.9. The fourth-order valence-electron chi connectivity index (χ4n) is 4.86. The van der Waals surface area contributed by atoms with E-state index >= 15 is 0 Å². The number of nitrogens with zero attached hydrogens (tertiary/aromatic N) is 3. The third-order valence-corrected chi connectivity index (χ3v) is 6.83. The van der Waals surface area contributed by atoms with Gasteiger partial charge in [0.05, 0.1) is 11.2 Å². The molecule has 2 heterocycles. The van der Waals surface area contributed by atoms with E-state index in [1.54, 1.807) is 18.2 Å². The first-order valence-electron chi connectivity index (χ1n) is 12.3. The van der Waals surface area contributed by atoms with Crippen molar-refractivity contribution in [3.05, 3.63) is 108 Å². The Hall–Kier alpha value is -4.06. The lowest BCUT2D eigenvalue weighted by atomic mass is 10.1. The second kappa shape index (κ2) is 10.3. The number of aryl methyl sites for hydroxylation is 1. The molecule has 0 N–H and O–H groups in total. The number of hydrogen-bond donors (Lipinski definition) is 0. The van der Waals surface area contributed by atoms with Gasteiger partial charge in [-0.05, 0) is 48.4 Å². The Bertz CT molecular complexity index is 1400. The van der Waals surface area contributed by atoms with Gasteiger partial charge in [0.2, 0.25) is 0 Å². The normalized spacial score (nSPS) is 13.7. The average Bonchev–Trinajstić information content (AvgIpc) is 3.27. The predicted molar refractivity (Wildman–Crippen MR) is 142 cm³/mol. The first-order valence-corrected chi connectivity index (χ1v) is 12.3. The van der Waals surface area contributed by atoms with E-state index in [0.29, 0.717) is 50.7 Å². The molecule has 1 amide bonds. The van der Waals surface area contributed by atoms with Gasteiger partial charge in [-0.25, -0.2) is 4.39 Å². The van der Waals surface area contributed by atoms with Crippen molar-refractivity contribution in [2.45, 2.75) is 13.5 Å². The minimum absolute atomic E-state index is 0.0253. The number of aromatic nitrogens is 1. The lowest BCUT2D eigenvalue weighted by Gasteiger charge is -2.36. The largest absolute Gasteiger partial charge is 0.489 e. The number of ether oxygens (including phenoxy) is 1. The minimum Gasteiger partial charge on any atom is -0.489 e. The Morgan fingerprint density at radius 3 is 2.50 bits per heavy atom. The number of halogens is 1. The van der Waals surface area contributed by atoms with Gasteiger partial charge < -0.3 is 19.1 Å². The number of anilines is 1. The molecule has 0 saturated carbocycles. The molecular formula is C30H30FN3O2. The molecular weight excluding hydrogens is 453 g/mol. The number of carbonyl (C=O) groups is 1. The smallest absolute Gasteiger partial charge is 0.270 e. The summed E-state index contributed by atoms with van der Waals surface area (Å²) in [7, 11) is 0. The van der Waals surface area contributed by atoms with Crippen LogP contribution in [0.1, 0.15) is 21.6 Å². The van der Waals surface area contributed by atoms with E-state index < -0.39 is 0 Å². The van der Waals surface area contributed by atoms with Crippen molar-refractivity contribution in [2.24, 2.45) is 0 Å². The topological polar surface area (TPSA) is 37.7 Å². The van der Waals surface area contributed by atoms with Crippen molar-refractivity contribution in [3.8, 4) is 5.75 Å². The van der Waals surface area contributed by atoms with Crippen molar-refractivity contribution in [3.63, 3.8) is 0 Å². The Kier molecular flexibility index (Phi) is 6.76. The number of piperazine rings is 1. The Balaban J connectivity index is 1.47. The Labute approximate surface area is 211 Å². The lowest BCUT2D eigenvalue weighted by Crippen LogP contribution is -2.49. The van der Waals surface area contributed by atoms with Crippen LogP contribution in [-0.4, -0.2) is 48.2 Å². The zero-order valence-corrected chi connectivity index (χ0v) is 20.5. The number of amides is 1. The first-order chi connectivity index (χ1) is 17.6. The van der Waals surface area contributed by atoms with Gasteiger partial charge in [-0.3, -0.25) is 4.79 Å². The molecule has 184 valence electrons. The molecule has 0 bridgehead atoms. The quantitative estimate of drug-likeness (QED) is 0.318. The summed E-state index contributed by atoms with van der Waals surface area (Å²) in [5.74, 6) is 0.472. The Morgan fingerprint density at radius 1 is 1.00 bits per heavy atom. The van der Waals surface area contributed by atoms with Crippen LogP contribution >= 0.6 is 0 Å². The van der Waals surface area contributed by atoms with Crippen molar-refractivity contribution in [2.75, 3.05) is 37.7 Å². The minimum atomic E-state index is -0.234. The van der Waals surface area contributed by atoms with Gasteiger partial charge in [0.15, 0.2) is 0 Å². The number of hydrogen-bond acceptors (Lipinski definition) is 3. The summed E-state index contributed by atoms with van der Waals surface area (Å²) in [6.07, 6.45) is 1.71. The maximum Gasteiger partial charge on any atom is 0.270 e. The molecule has 0 spiro atoms. The van der Waals surface area contributed by atoms with Crippen molar-refractivity contribution in [1.29, 1.82) is 0 Å². The van der Waals surface area contributed by atoms with Gasteiger partial charge in [-0.1, -0.05) is 55.1 Å². The molecule has 1 aliphatic heterocycles. The van der Waals surface area contributed by atoms with Gasteiger partial charge in [0.25, 0.3) is 5.91 Å². The van der Waals surface area contributed by atoms with E-state index in [9.17, 15) is 9.18 Å². The molecule has 5 nitrogen and oxygen atoms in total. The van der Waals surface area contributed by atoms with Crippen molar-refractivity contribution in [1.82, 2.24) is 9.47 Å². The summed E-state index contributed by atoms with van der Waals surface area (Å²) >= 11 is 0. The predicted octanol–water partition coefficient (Wildman–Crippen LogP) is 5.66. The average molecular weight is 484 g/mol. The van der Waals surface area contributed by atoms with Gasteiger partial charge in [0, 0.05) is 38.1 Å². The van der Waals surface area contributed by atoms with Crippen LogP contribution in [0.15, 0.2) is 85.5 Å². The van der Waals surface area contributed by atoms with E-state index in [2.05, 4.69) is 30.2 Å². The fraction of sp³-hybridized carbons (Fsp3) is 0.233. The third-order valence-electron chi connectivity index (χ3n) is 6.83. The second-order valence-electron chi connectivity index (χ2n) is 9.06. The number of benzene rings is 3. The third kappa shape index (κ3) is 4.59. The highest BCUT2D eigenvalue weighted by atomic mass is 19.1. The molecule has 1 aromatic heterocycles. The van der Waals surface area contributed by atoms with Gasteiger partial charge in [-0.2, -0.15) is 0 Å². The summed E-state index contributed by atoms with van der Waals surface area (Å²) in [6.45, 7) is 9.02. The van der Waals surface area contributed by atoms with Crippen molar-refractivity contribution < 1.29 is 13.9 Å². The zero-order chi connectivity index (χ0) is 25.1. The van der Waals surface area contributed by atoms with E-state index in [1.807, 2.05) is 52.3 Å². The molecule has 0 atom stereocenters. The van der Waals surface area contributed by atoms with Crippen LogP contribution in [0.3, 0.4) is 0 Å². The molecule has 1 aliphatic rings. The molecule has 0 radical (unpaired) electrons. The second-order valence-corrected chi connectivity index (χ2v) is 9.06. The number of fused-ring (bicyclic) bond motifs is 1. The molecule has 0 aliphatic carbocycles. The zero-order valence-electron chi connectivity index (χ0n) is 20.5. The summed E-state index contributed by atoms with van der Waals surface area (Å²) in [4.78, 5) is 17.7. The van der Waals surface area contributed by atoms with Crippen LogP contribution in [0.5, 0.6) is 5.75 Å². The van der Waals surface area contributed by atoms with Gasteiger partial charge in [0.1, 0.15) is 23.9 Å². The van der Waals surface area contributed by atoms with Crippen LogP contribution < -0.4 is 9.64 Å². The number of carbonyl (C=O) groups excluding carboxylic acids is 1. The molecule has 1 fully saturated rings. The van der Waals surface area contributed by atoms with E-state index in [0.717, 1.165) is 22.2 Å². The van der Waals surface area contributed by atoms with Crippen molar-refractivity contribution >= 4 is 22.5 Å². The molecule has 6 heteroatoms. The van der Waals surface area contributed by atoms with Gasteiger partial charge in [-0.15, -0.1) is 0 Å².